The zero-order valence-electron chi connectivity index (χ0n) is 9.98. The lowest BCUT2D eigenvalue weighted by atomic mass is 9.75. The maximum absolute atomic E-state index is 10.4. The molecule has 3 nitrogen and oxygen atoms in total. The molecule has 3 unspecified atom stereocenters. The van der Waals surface area contributed by atoms with Crippen LogP contribution in [0.15, 0.2) is 22.8 Å². The molecule has 1 N–H and O–H groups in total. The molecule has 0 aromatic carbocycles. The van der Waals surface area contributed by atoms with E-state index in [1.807, 2.05) is 6.07 Å². The van der Waals surface area contributed by atoms with Gasteiger partial charge in [0.25, 0.3) is 0 Å². The highest BCUT2D eigenvalue weighted by molar-refractivity contribution is 5.09. The molecule has 0 radical (unpaired) electrons. The molecule has 1 aliphatic rings. The number of aliphatic hydroxyl groups is 1. The van der Waals surface area contributed by atoms with Crippen LogP contribution >= 0.6 is 0 Å². The maximum atomic E-state index is 10.4. The lowest BCUT2D eigenvalue weighted by molar-refractivity contribution is -0.140. The summed E-state index contributed by atoms with van der Waals surface area (Å²) in [6, 6.07) is 3.61. The highest BCUT2D eigenvalue weighted by atomic mass is 16.5. The molecule has 16 heavy (non-hydrogen) atoms. The van der Waals surface area contributed by atoms with Crippen LogP contribution < -0.4 is 0 Å². The van der Waals surface area contributed by atoms with Crippen LogP contribution in [0, 0.1) is 5.92 Å². The normalized spacial score (nSPS) is 32.6. The highest BCUT2D eigenvalue weighted by Gasteiger charge is 2.43. The van der Waals surface area contributed by atoms with E-state index in [2.05, 4.69) is 6.92 Å². The Morgan fingerprint density at radius 1 is 1.62 bits per heavy atom. The molecule has 1 heterocycles. The Balaban J connectivity index is 2.20. The minimum absolute atomic E-state index is 0.463. The number of hydrogen-bond acceptors (Lipinski definition) is 3. The maximum Gasteiger partial charge on any atom is 0.140 e. The number of methoxy groups -OCH3 is 1. The van der Waals surface area contributed by atoms with Crippen LogP contribution in [-0.2, 0) is 4.74 Å². The van der Waals surface area contributed by atoms with Gasteiger partial charge in [-0.05, 0) is 30.9 Å². The van der Waals surface area contributed by atoms with Gasteiger partial charge in [-0.3, -0.25) is 0 Å². The molecule has 0 bridgehead atoms. The Labute approximate surface area is 96.4 Å². The van der Waals surface area contributed by atoms with Gasteiger partial charge in [-0.25, -0.2) is 0 Å². The number of hydrogen-bond donors (Lipinski definition) is 1. The average Bonchev–Trinajstić information content (AvgIpc) is 2.81. The molecule has 0 saturated heterocycles. The monoisotopic (exact) mass is 224 g/mol. The largest absolute Gasteiger partial charge is 0.466 e. The van der Waals surface area contributed by atoms with Gasteiger partial charge in [0.1, 0.15) is 17.5 Å². The van der Waals surface area contributed by atoms with E-state index in [0.717, 1.165) is 19.3 Å². The molecule has 1 fully saturated rings. The van der Waals surface area contributed by atoms with Crippen LogP contribution in [0.25, 0.3) is 0 Å². The van der Waals surface area contributed by atoms with E-state index < -0.39 is 11.7 Å². The Morgan fingerprint density at radius 2 is 2.44 bits per heavy atom. The quantitative estimate of drug-likeness (QED) is 0.858. The standard InChI is InChI=1S/C13H20O3/c1-10-5-3-7-13(9-10,15-2)12(14)11-6-4-8-16-11/h4,6,8,10,12,14H,3,5,7,9H2,1-2H3. The summed E-state index contributed by atoms with van der Waals surface area (Å²) in [4.78, 5) is 0. The molecule has 0 amide bonds. The predicted molar refractivity (Wildman–Crippen MR) is 61.0 cm³/mol. The number of furan rings is 1. The third-order valence-corrected chi connectivity index (χ3v) is 3.71. The van der Waals surface area contributed by atoms with Gasteiger partial charge in [-0.1, -0.05) is 19.8 Å². The second-order valence-electron chi connectivity index (χ2n) is 4.89. The summed E-state index contributed by atoms with van der Waals surface area (Å²) in [6.07, 6.45) is 5.05. The zero-order valence-corrected chi connectivity index (χ0v) is 9.98. The predicted octanol–water partition coefficient (Wildman–Crippen LogP) is 2.91. The van der Waals surface area contributed by atoms with Crippen molar-refractivity contribution in [3.63, 3.8) is 0 Å². The van der Waals surface area contributed by atoms with Gasteiger partial charge in [-0.2, -0.15) is 0 Å². The van der Waals surface area contributed by atoms with Crippen LogP contribution in [0.4, 0.5) is 0 Å². The first-order valence-corrected chi connectivity index (χ1v) is 5.94. The fourth-order valence-electron chi connectivity index (χ4n) is 2.80. The lowest BCUT2D eigenvalue weighted by Crippen LogP contribution is -2.42. The van der Waals surface area contributed by atoms with Gasteiger partial charge in [0, 0.05) is 7.11 Å². The van der Waals surface area contributed by atoms with Gasteiger partial charge < -0.3 is 14.3 Å². The van der Waals surface area contributed by atoms with Gasteiger partial charge in [0.2, 0.25) is 0 Å². The Morgan fingerprint density at radius 3 is 3.00 bits per heavy atom. The lowest BCUT2D eigenvalue weighted by Gasteiger charge is -2.41. The smallest absolute Gasteiger partial charge is 0.140 e. The van der Waals surface area contributed by atoms with Gasteiger partial charge >= 0.3 is 0 Å². The van der Waals surface area contributed by atoms with E-state index in [1.54, 1.807) is 19.4 Å². The Bertz CT molecular complexity index is 320. The van der Waals surface area contributed by atoms with E-state index in [9.17, 15) is 5.11 Å². The van der Waals surface area contributed by atoms with Crippen molar-refractivity contribution in [2.24, 2.45) is 5.92 Å². The summed E-state index contributed by atoms with van der Waals surface area (Å²) in [6.45, 7) is 2.21. The summed E-state index contributed by atoms with van der Waals surface area (Å²) in [5, 5.41) is 10.4. The fraction of sp³-hybridized carbons (Fsp3) is 0.692. The fourth-order valence-corrected chi connectivity index (χ4v) is 2.80. The van der Waals surface area contributed by atoms with E-state index >= 15 is 0 Å². The summed E-state index contributed by atoms with van der Waals surface area (Å²) in [5.74, 6) is 1.20. The first-order valence-electron chi connectivity index (χ1n) is 5.94. The molecular weight excluding hydrogens is 204 g/mol. The van der Waals surface area contributed by atoms with Gasteiger partial charge in [0.15, 0.2) is 0 Å². The third-order valence-electron chi connectivity index (χ3n) is 3.71. The summed E-state index contributed by atoms with van der Waals surface area (Å²) >= 11 is 0. The summed E-state index contributed by atoms with van der Waals surface area (Å²) < 4.78 is 10.9. The van der Waals surface area contributed by atoms with Crippen LogP contribution in [0.1, 0.15) is 44.5 Å². The van der Waals surface area contributed by atoms with Crippen LogP contribution in [0.3, 0.4) is 0 Å². The van der Waals surface area contributed by atoms with Crippen molar-refractivity contribution in [3.8, 4) is 0 Å². The number of rotatable bonds is 3. The van der Waals surface area contributed by atoms with E-state index in [1.165, 1.54) is 6.42 Å². The van der Waals surface area contributed by atoms with Crippen molar-refractivity contribution >= 4 is 0 Å². The first-order chi connectivity index (χ1) is 7.68. The third kappa shape index (κ3) is 2.02. The first kappa shape index (κ1) is 11.7. The summed E-state index contributed by atoms with van der Waals surface area (Å²) in [5.41, 5.74) is -0.463. The van der Waals surface area contributed by atoms with Crippen molar-refractivity contribution in [1.82, 2.24) is 0 Å². The highest BCUT2D eigenvalue weighted by Crippen LogP contribution is 2.43. The SMILES string of the molecule is COC1(C(O)c2ccco2)CCCC(C)C1. The van der Waals surface area contributed by atoms with Crippen LogP contribution in [0.5, 0.6) is 0 Å². The zero-order chi connectivity index (χ0) is 11.6. The number of ether oxygens (including phenoxy) is 1. The summed E-state index contributed by atoms with van der Waals surface area (Å²) in [7, 11) is 1.68. The van der Waals surface area contributed by atoms with Crippen molar-refractivity contribution < 1.29 is 14.3 Å². The Hall–Kier alpha value is -0.800. The van der Waals surface area contributed by atoms with E-state index in [4.69, 9.17) is 9.15 Å². The molecule has 1 aromatic heterocycles. The van der Waals surface area contributed by atoms with E-state index in [0.29, 0.717) is 11.7 Å². The molecule has 90 valence electrons. The molecular formula is C13H20O3. The second-order valence-corrected chi connectivity index (χ2v) is 4.89. The molecule has 1 aromatic rings. The van der Waals surface area contributed by atoms with E-state index in [-0.39, 0.29) is 0 Å². The molecule has 1 saturated carbocycles. The molecule has 1 aliphatic carbocycles. The van der Waals surface area contributed by atoms with Gasteiger partial charge in [-0.15, -0.1) is 0 Å². The molecule has 2 rings (SSSR count). The van der Waals surface area contributed by atoms with Crippen molar-refractivity contribution in [3.05, 3.63) is 24.2 Å². The number of aliphatic hydroxyl groups excluding tert-OH is 1. The minimum atomic E-state index is -0.657. The molecule has 0 aliphatic heterocycles. The molecule has 3 heteroatoms. The van der Waals surface area contributed by atoms with Crippen molar-refractivity contribution in [2.45, 2.75) is 44.3 Å². The van der Waals surface area contributed by atoms with Crippen molar-refractivity contribution in [2.75, 3.05) is 7.11 Å². The molecule has 3 atom stereocenters. The van der Waals surface area contributed by atoms with Gasteiger partial charge in [0.05, 0.1) is 6.26 Å². The van der Waals surface area contributed by atoms with Crippen LogP contribution in [0.2, 0.25) is 0 Å². The topological polar surface area (TPSA) is 42.6 Å². The molecule has 0 spiro atoms. The minimum Gasteiger partial charge on any atom is -0.466 e. The van der Waals surface area contributed by atoms with Crippen molar-refractivity contribution in [1.29, 1.82) is 0 Å². The van der Waals surface area contributed by atoms with Crippen LogP contribution in [-0.4, -0.2) is 17.8 Å². The average molecular weight is 224 g/mol. The second kappa shape index (κ2) is 4.60. The Kier molecular flexibility index (Phi) is 3.36.